The van der Waals surface area contributed by atoms with E-state index in [9.17, 15) is 14.4 Å². The maximum Gasteiger partial charge on any atom is 0.255 e. The van der Waals surface area contributed by atoms with Crippen molar-refractivity contribution in [2.45, 2.75) is 31.3 Å². The Balaban J connectivity index is 1.37. The van der Waals surface area contributed by atoms with Crippen LogP contribution in [0.15, 0.2) is 48.7 Å². The van der Waals surface area contributed by atoms with E-state index in [1.807, 2.05) is 24.3 Å². The number of rotatable bonds is 5. The van der Waals surface area contributed by atoms with Crippen molar-refractivity contribution in [3.63, 3.8) is 0 Å². The number of carbonyl (C=O) groups is 3. The van der Waals surface area contributed by atoms with Crippen LogP contribution in [0, 0.1) is 0 Å². The largest absolute Gasteiger partial charge is 0.485 e. The molecule has 1 aromatic heterocycles. The Morgan fingerprint density at radius 2 is 2.00 bits per heavy atom. The molecule has 1 fully saturated rings. The lowest BCUT2D eigenvalue weighted by Crippen LogP contribution is -2.46. The Morgan fingerprint density at radius 1 is 1.19 bits per heavy atom. The molecular formula is C24H28N4O4. The highest BCUT2D eigenvalue weighted by atomic mass is 16.5. The standard InChI is InChI=1S/C24H28N4O4/c1-27(14-10-18-6-4-5-13-25-18)22(30)16-28-15-12-24(11-9-21(28)29)17-26-23(31)19-7-2-3-8-20(19)32-24/h2-8,13H,9-12,14-17H2,1H3,(H,26,31). The normalized spacial score (nSPS) is 20.6. The molecule has 168 valence electrons. The van der Waals surface area contributed by atoms with E-state index in [2.05, 4.69) is 10.3 Å². The molecule has 8 nitrogen and oxygen atoms in total. The van der Waals surface area contributed by atoms with E-state index in [0.717, 1.165) is 5.69 Å². The Morgan fingerprint density at radius 3 is 2.81 bits per heavy atom. The zero-order valence-electron chi connectivity index (χ0n) is 18.3. The molecule has 1 unspecified atom stereocenters. The zero-order chi connectivity index (χ0) is 22.6. The summed E-state index contributed by atoms with van der Waals surface area (Å²) in [4.78, 5) is 45.5. The van der Waals surface area contributed by atoms with Crippen molar-refractivity contribution in [3.05, 3.63) is 59.9 Å². The summed E-state index contributed by atoms with van der Waals surface area (Å²) in [6, 6.07) is 12.9. The highest BCUT2D eigenvalue weighted by Gasteiger charge is 2.40. The second-order valence-electron chi connectivity index (χ2n) is 8.42. The molecule has 2 aliphatic heterocycles. The minimum absolute atomic E-state index is 0.0383. The van der Waals surface area contributed by atoms with Gasteiger partial charge in [0.05, 0.1) is 18.7 Å². The number of nitrogens with one attached hydrogen (secondary N) is 1. The lowest BCUT2D eigenvalue weighted by molar-refractivity contribution is -0.139. The van der Waals surface area contributed by atoms with E-state index in [4.69, 9.17) is 4.74 Å². The van der Waals surface area contributed by atoms with Gasteiger partial charge in [-0.15, -0.1) is 0 Å². The summed E-state index contributed by atoms with van der Waals surface area (Å²) in [5.74, 6) is 0.190. The lowest BCUT2D eigenvalue weighted by Gasteiger charge is -2.32. The number of carbonyl (C=O) groups excluding carboxylic acids is 3. The Hall–Kier alpha value is -3.42. The third-order valence-electron chi connectivity index (χ3n) is 6.20. The molecule has 4 rings (SSSR count). The van der Waals surface area contributed by atoms with E-state index in [0.29, 0.717) is 50.2 Å². The fourth-order valence-corrected chi connectivity index (χ4v) is 4.11. The van der Waals surface area contributed by atoms with Crippen LogP contribution in [0.2, 0.25) is 0 Å². The first-order chi connectivity index (χ1) is 15.5. The van der Waals surface area contributed by atoms with Crippen molar-refractivity contribution in [2.24, 2.45) is 0 Å². The summed E-state index contributed by atoms with van der Waals surface area (Å²) in [6.07, 6.45) is 3.69. The molecule has 2 aromatic rings. The van der Waals surface area contributed by atoms with Gasteiger partial charge in [0, 0.05) is 51.3 Å². The van der Waals surface area contributed by atoms with Crippen molar-refractivity contribution in [2.75, 3.05) is 33.2 Å². The van der Waals surface area contributed by atoms with Crippen LogP contribution in [-0.2, 0) is 16.0 Å². The van der Waals surface area contributed by atoms with Crippen molar-refractivity contribution in [1.29, 1.82) is 0 Å². The second kappa shape index (κ2) is 9.38. The van der Waals surface area contributed by atoms with Crippen molar-refractivity contribution in [3.8, 4) is 5.75 Å². The van der Waals surface area contributed by atoms with Gasteiger partial charge in [0.2, 0.25) is 11.8 Å². The van der Waals surface area contributed by atoms with Gasteiger partial charge >= 0.3 is 0 Å². The number of hydrogen-bond acceptors (Lipinski definition) is 5. The number of likely N-dealkylation sites (tertiary alicyclic amines) is 1. The Labute approximate surface area is 187 Å². The number of benzene rings is 1. The molecular weight excluding hydrogens is 408 g/mol. The average Bonchev–Trinajstić information content (AvgIpc) is 3.05. The first-order valence-corrected chi connectivity index (χ1v) is 10.9. The number of aromatic nitrogens is 1. The number of amides is 3. The average molecular weight is 437 g/mol. The molecule has 3 amide bonds. The molecule has 1 aromatic carbocycles. The van der Waals surface area contributed by atoms with E-state index in [1.165, 1.54) is 0 Å². The Kier molecular flexibility index (Phi) is 6.39. The summed E-state index contributed by atoms with van der Waals surface area (Å²) in [7, 11) is 1.75. The number of fused-ring (bicyclic) bond motifs is 1. The van der Waals surface area contributed by atoms with Gasteiger partial charge in [0.25, 0.3) is 5.91 Å². The predicted molar refractivity (Wildman–Crippen MR) is 118 cm³/mol. The molecule has 1 N–H and O–H groups in total. The van der Waals surface area contributed by atoms with Crippen LogP contribution < -0.4 is 10.1 Å². The van der Waals surface area contributed by atoms with Crippen molar-refractivity contribution >= 4 is 17.7 Å². The highest BCUT2D eigenvalue weighted by molar-refractivity contribution is 5.97. The topological polar surface area (TPSA) is 91.8 Å². The molecule has 32 heavy (non-hydrogen) atoms. The van der Waals surface area contributed by atoms with Crippen LogP contribution in [0.3, 0.4) is 0 Å². The molecule has 0 bridgehead atoms. The van der Waals surface area contributed by atoms with Crippen LogP contribution in [-0.4, -0.2) is 71.3 Å². The summed E-state index contributed by atoms with van der Waals surface area (Å²) >= 11 is 0. The molecule has 0 saturated carbocycles. The van der Waals surface area contributed by atoms with Gasteiger partial charge in [-0.2, -0.15) is 0 Å². The minimum atomic E-state index is -0.666. The third-order valence-corrected chi connectivity index (χ3v) is 6.20. The van der Waals surface area contributed by atoms with Gasteiger partial charge in [0.1, 0.15) is 11.4 Å². The van der Waals surface area contributed by atoms with Crippen molar-refractivity contribution in [1.82, 2.24) is 20.1 Å². The molecule has 3 heterocycles. The van der Waals surface area contributed by atoms with Crippen LogP contribution in [0.5, 0.6) is 5.75 Å². The lowest BCUT2D eigenvalue weighted by atomic mass is 9.94. The summed E-state index contributed by atoms with van der Waals surface area (Å²) in [5.41, 5.74) is 0.759. The first kappa shape index (κ1) is 21.8. The number of pyridine rings is 1. The fraction of sp³-hybridized carbons (Fsp3) is 0.417. The minimum Gasteiger partial charge on any atom is -0.485 e. The molecule has 0 aliphatic carbocycles. The van der Waals surface area contributed by atoms with Crippen molar-refractivity contribution < 1.29 is 19.1 Å². The molecule has 1 saturated heterocycles. The van der Waals surface area contributed by atoms with Gasteiger partial charge in [0.15, 0.2) is 0 Å². The maximum absolute atomic E-state index is 12.8. The maximum atomic E-state index is 12.8. The number of hydrogen-bond donors (Lipinski definition) is 1. The number of likely N-dealkylation sites (N-methyl/N-ethyl adjacent to an activating group) is 1. The Bertz CT molecular complexity index is 997. The van der Waals surface area contributed by atoms with Gasteiger partial charge in [-0.25, -0.2) is 0 Å². The number of ether oxygens (including phenoxy) is 1. The quantitative estimate of drug-likeness (QED) is 0.770. The monoisotopic (exact) mass is 436 g/mol. The zero-order valence-corrected chi connectivity index (χ0v) is 18.3. The van der Waals surface area contributed by atoms with Crippen LogP contribution >= 0.6 is 0 Å². The van der Waals surface area contributed by atoms with Gasteiger partial charge in [-0.3, -0.25) is 19.4 Å². The van der Waals surface area contributed by atoms with Gasteiger partial charge in [-0.05, 0) is 30.7 Å². The number of nitrogens with zero attached hydrogens (tertiary/aromatic N) is 3. The van der Waals surface area contributed by atoms with E-state index in [1.54, 1.807) is 41.2 Å². The molecule has 1 spiro atoms. The van der Waals surface area contributed by atoms with E-state index >= 15 is 0 Å². The highest BCUT2D eigenvalue weighted by Crippen LogP contribution is 2.33. The van der Waals surface area contributed by atoms with Gasteiger partial charge < -0.3 is 19.9 Å². The third kappa shape index (κ3) is 4.90. The second-order valence-corrected chi connectivity index (χ2v) is 8.42. The first-order valence-electron chi connectivity index (χ1n) is 10.9. The summed E-state index contributed by atoms with van der Waals surface area (Å²) in [5, 5.41) is 2.94. The molecule has 2 aliphatic rings. The summed E-state index contributed by atoms with van der Waals surface area (Å²) in [6.45, 7) is 1.31. The summed E-state index contributed by atoms with van der Waals surface area (Å²) < 4.78 is 6.31. The van der Waals surface area contributed by atoms with E-state index in [-0.39, 0.29) is 30.7 Å². The predicted octanol–water partition coefficient (Wildman–Crippen LogP) is 1.66. The van der Waals surface area contributed by atoms with Crippen LogP contribution in [0.4, 0.5) is 0 Å². The fourth-order valence-electron chi connectivity index (χ4n) is 4.11. The molecule has 1 atom stereocenters. The van der Waals surface area contributed by atoms with Crippen LogP contribution in [0.1, 0.15) is 35.3 Å². The van der Waals surface area contributed by atoms with E-state index < -0.39 is 5.60 Å². The molecule has 0 radical (unpaired) electrons. The number of para-hydroxylation sites is 1. The van der Waals surface area contributed by atoms with Gasteiger partial charge in [-0.1, -0.05) is 18.2 Å². The smallest absolute Gasteiger partial charge is 0.255 e. The SMILES string of the molecule is CN(CCc1ccccn1)C(=O)CN1CCC2(CCC1=O)CNC(=O)c1ccccc1O2. The molecule has 8 heteroatoms. The van der Waals surface area contributed by atoms with Crippen LogP contribution in [0.25, 0.3) is 0 Å².